The number of hydrogen-bond acceptors (Lipinski definition) is 0. The van der Waals surface area contributed by atoms with Gasteiger partial charge in [0, 0.05) is 0 Å². The van der Waals surface area contributed by atoms with Crippen LogP contribution in [-0.2, 0) is 10.9 Å². The molecule has 0 spiro atoms. The van der Waals surface area contributed by atoms with Gasteiger partial charge in [0.25, 0.3) is 0 Å². The molecule has 0 saturated heterocycles. The highest BCUT2D eigenvalue weighted by atomic mass is 35.5. The molecule has 0 N–H and O–H groups in total. The van der Waals surface area contributed by atoms with Gasteiger partial charge in [-0.2, -0.15) is 0 Å². The third-order valence-corrected chi connectivity index (χ3v) is 5.74. The average Bonchev–Trinajstić information content (AvgIpc) is 2.52. The minimum absolute atomic E-state index is 0. The van der Waals surface area contributed by atoms with Crippen LogP contribution >= 0.6 is 11.6 Å². The molecule has 0 amide bonds. The molecule has 0 aliphatic carbocycles. The van der Waals surface area contributed by atoms with Gasteiger partial charge in [0.05, 0.1) is 5.02 Å². The van der Waals surface area contributed by atoms with E-state index in [0.29, 0.717) is 0 Å². The quantitative estimate of drug-likeness (QED) is 0.646. The summed E-state index contributed by atoms with van der Waals surface area (Å²) in [5, 5.41) is 0.823. The third kappa shape index (κ3) is 3.62. The van der Waals surface area contributed by atoms with Gasteiger partial charge in [0.1, 0.15) is 10.9 Å². The van der Waals surface area contributed by atoms with Crippen molar-refractivity contribution >= 4 is 22.5 Å². The lowest BCUT2D eigenvalue weighted by Crippen LogP contribution is -3.00. The van der Waals surface area contributed by atoms with Crippen molar-refractivity contribution in [2.45, 2.75) is 14.7 Å². The van der Waals surface area contributed by atoms with Crippen LogP contribution in [0.1, 0.15) is 0 Å². The minimum Gasteiger partial charge on any atom is -1.00 e. The topological polar surface area (TPSA) is 0 Å². The minimum atomic E-state index is -0.158. The molecule has 3 rings (SSSR count). The Morgan fingerprint density at radius 2 is 1.00 bits per heavy atom. The molecule has 21 heavy (non-hydrogen) atoms. The normalized spacial score (nSPS) is 10.2. The maximum Gasteiger partial charge on any atom is 0.185 e. The predicted octanol–water partition coefficient (Wildman–Crippen LogP) is 2.44. The van der Waals surface area contributed by atoms with Gasteiger partial charge in [0.2, 0.25) is 0 Å². The Labute approximate surface area is 139 Å². The first kappa shape index (κ1) is 16.0. The summed E-state index contributed by atoms with van der Waals surface area (Å²) in [5.41, 5.74) is 0. The number of hydrogen-bond donors (Lipinski definition) is 0. The largest absolute Gasteiger partial charge is 1.00 e. The lowest BCUT2D eigenvalue weighted by molar-refractivity contribution is -0.00000383. The Balaban J connectivity index is 0.00000161. The zero-order valence-electron chi connectivity index (χ0n) is 11.2. The summed E-state index contributed by atoms with van der Waals surface area (Å²) in [6.07, 6.45) is 0. The molecule has 3 aromatic carbocycles. The summed E-state index contributed by atoms with van der Waals surface area (Å²) < 4.78 is 0. The molecule has 0 atom stereocenters. The van der Waals surface area contributed by atoms with Crippen molar-refractivity contribution in [1.82, 2.24) is 0 Å². The van der Waals surface area contributed by atoms with Crippen molar-refractivity contribution in [3.8, 4) is 0 Å². The van der Waals surface area contributed by atoms with Crippen molar-refractivity contribution in [3.63, 3.8) is 0 Å². The Morgan fingerprint density at radius 1 is 0.571 bits per heavy atom. The second-order valence-corrected chi connectivity index (χ2v) is 6.76. The van der Waals surface area contributed by atoms with Crippen molar-refractivity contribution in [2.75, 3.05) is 0 Å². The van der Waals surface area contributed by atoms with Crippen molar-refractivity contribution in [2.24, 2.45) is 0 Å². The summed E-state index contributed by atoms with van der Waals surface area (Å²) in [6, 6.07) is 29.2. The van der Waals surface area contributed by atoms with E-state index in [2.05, 4.69) is 54.6 Å². The Hall–Kier alpha value is -1.41. The average molecular weight is 333 g/mol. The molecule has 3 aromatic rings. The van der Waals surface area contributed by atoms with Crippen LogP contribution in [0.2, 0.25) is 5.02 Å². The molecule has 0 saturated carbocycles. The SMILES string of the molecule is Clc1ccccc1[S+](c1ccccc1)c1ccccc1.[Cl-]. The molecule has 0 aromatic heterocycles. The summed E-state index contributed by atoms with van der Waals surface area (Å²) in [4.78, 5) is 3.74. The number of benzene rings is 3. The first-order valence-corrected chi connectivity index (χ1v) is 8.05. The van der Waals surface area contributed by atoms with Gasteiger partial charge >= 0.3 is 0 Å². The molecule has 0 bridgehead atoms. The van der Waals surface area contributed by atoms with Crippen LogP contribution < -0.4 is 12.4 Å². The Kier molecular flexibility index (Phi) is 5.75. The first-order valence-electron chi connectivity index (χ1n) is 6.45. The van der Waals surface area contributed by atoms with Gasteiger partial charge in [-0.25, -0.2) is 0 Å². The van der Waals surface area contributed by atoms with E-state index in [1.165, 1.54) is 14.7 Å². The van der Waals surface area contributed by atoms with E-state index in [0.717, 1.165) is 5.02 Å². The highest BCUT2D eigenvalue weighted by Gasteiger charge is 2.30. The zero-order chi connectivity index (χ0) is 13.8. The van der Waals surface area contributed by atoms with Crippen LogP contribution in [0.3, 0.4) is 0 Å². The fourth-order valence-corrected chi connectivity index (χ4v) is 4.60. The second kappa shape index (κ2) is 7.56. The third-order valence-electron chi connectivity index (χ3n) is 3.01. The van der Waals surface area contributed by atoms with Gasteiger partial charge in [0.15, 0.2) is 14.7 Å². The lowest BCUT2D eigenvalue weighted by Gasteiger charge is -2.08. The smallest absolute Gasteiger partial charge is 0.185 e. The van der Waals surface area contributed by atoms with Crippen LogP contribution in [0.25, 0.3) is 0 Å². The molecular weight excluding hydrogens is 319 g/mol. The molecule has 0 aliphatic rings. The fraction of sp³-hybridized carbons (Fsp3) is 0. The van der Waals surface area contributed by atoms with E-state index in [1.807, 2.05) is 30.3 Å². The maximum absolute atomic E-state index is 6.43. The van der Waals surface area contributed by atoms with Gasteiger partial charge in [-0.3, -0.25) is 0 Å². The number of rotatable bonds is 3. The van der Waals surface area contributed by atoms with Crippen molar-refractivity contribution in [3.05, 3.63) is 90.0 Å². The van der Waals surface area contributed by atoms with E-state index in [1.54, 1.807) is 0 Å². The molecule has 0 radical (unpaired) electrons. The highest BCUT2D eigenvalue weighted by Crippen LogP contribution is 2.34. The standard InChI is InChI=1S/C18H14ClS.ClH/c19-17-13-7-8-14-18(17)20(15-9-3-1-4-10-15)16-11-5-2-6-12-16;/h1-14H;1H/q+1;/p-1. The second-order valence-electron chi connectivity index (χ2n) is 4.36. The van der Waals surface area contributed by atoms with Crippen molar-refractivity contribution in [1.29, 1.82) is 0 Å². The summed E-state index contributed by atoms with van der Waals surface area (Å²) in [7, 11) is -0.158. The van der Waals surface area contributed by atoms with Crippen molar-refractivity contribution < 1.29 is 12.4 Å². The molecule has 0 unspecified atom stereocenters. The van der Waals surface area contributed by atoms with Gasteiger partial charge in [-0.05, 0) is 36.4 Å². The van der Waals surface area contributed by atoms with E-state index in [9.17, 15) is 0 Å². The molecule has 0 fully saturated rings. The number of halogens is 2. The van der Waals surface area contributed by atoms with Gasteiger partial charge in [-0.15, -0.1) is 0 Å². The molecule has 0 heterocycles. The Bertz CT molecular complexity index is 644. The lowest BCUT2D eigenvalue weighted by atomic mass is 10.4. The van der Waals surface area contributed by atoms with Crippen LogP contribution in [0.15, 0.2) is 99.6 Å². The van der Waals surface area contributed by atoms with Gasteiger partial charge in [-0.1, -0.05) is 60.1 Å². The van der Waals surface area contributed by atoms with E-state index < -0.39 is 0 Å². The molecular formula is C18H14Cl2S. The van der Waals surface area contributed by atoms with E-state index in [-0.39, 0.29) is 23.3 Å². The predicted molar refractivity (Wildman–Crippen MR) is 86.5 cm³/mol. The summed E-state index contributed by atoms with van der Waals surface area (Å²) >= 11 is 6.43. The maximum atomic E-state index is 6.43. The zero-order valence-corrected chi connectivity index (χ0v) is 13.6. The molecule has 106 valence electrons. The van der Waals surface area contributed by atoms with Crippen LogP contribution in [0, 0.1) is 0 Å². The summed E-state index contributed by atoms with van der Waals surface area (Å²) in [6.45, 7) is 0. The van der Waals surface area contributed by atoms with E-state index in [4.69, 9.17) is 11.6 Å². The summed E-state index contributed by atoms with van der Waals surface area (Å²) in [5.74, 6) is 0. The molecule has 3 heteroatoms. The highest BCUT2D eigenvalue weighted by molar-refractivity contribution is 7.97. The molecule has 0 aliphatic heterocycles. The fourth-order valence-electron chi connectivity index (χ4n) is 2.11. The molecule has 0 nitrogen and oxygen atoms in total. The van der Waals surface area contributed by atoms with Crippen LogP contribution in [-0.4, -0.2) is 0 Å². The van der Waals surface area contributed by atoms with Crippen LogP contribution in [0.4, 0.5) is 0 Å². The van der Waals surface area contributed by atoms with Crippen LogP contribution in [0.5, 0.6) is 0 Å². The Morgan fingerprint density at radius 3 is 1.48 bits per heavy atom. The monoisotopic (exact) mass is 332 g/mol. The van der Waals surface area contributed by atoms with E-state index >= 15 is 0 Å². The van der Waals surface area contributed by atoms with Gasteiger partial charge < -0.3 is 12.4 Å². The first-order chi connectivity index (χ1) is 9.86.